The normalized spacial score (nSPS) is 18.7. The third kappa shape index (κ3) is 1.53. The van der Waals surface area contributed by atoms with Gasteiger partial charge in [0.1, 0.15) is 0 Å². The molecule has 4 heteroatoms. The average Bonchev–Trinajstić information content (AvgIpc) is 2.16. The average molecular weight is 225 g/mol. The lowest BCUT2D eigenvalue weighted by Crippen LogP contribution is -2.33. The maximum absolute atomic E-state index is 12.0. The predicted molar refractivity (Wildman–Crippen MR) is 61.2 cm³/mol. The Kier molecular flexibility index (Phi) is 2.26. The van der Waals surface area contributed by atoms with Gasteiger partial charge in [-0.2, -0.15) is 0 Å². The second-order valence-electron chi connectivity index (χ2n) is 4.12. The van der Waals surface area contributed by atoms with E-state index in [1.165, 1.54) is 0 Å². The molecule has 82 valence electrons. The standard InChI is InChI=1S/C11H15NO2S/c1-8-4-5-9(2)11-10(8)12(3)6-7-15(11,13)14/h4-5H,6-7H2,1-3H3. The van der Waals surface area contributed by atoms with Crippen molar-refractivity contribution in [1.29, 1.82) is 0 Å². The molecule has 1 aromatic carbocycles. The van der Waals surface area contributed by atoms with E-state index >= 15 is 0 Å². The van der Waals surface area contributed by atoms with E-state index in [9.17, 15) is 8.42 Å². The minimum atomic E-state index is -3.07. The van der Waals surface area contributed by atoms with Gasteiger partial charge in [-0.05, 0) is 25.0 Å². The molecule has 3 nitrogen and oxygen atoms in total. The van der Waals surface area contributed by atoms with Crippen molar-refractivity contribution in [2.75, 3.05) is 24.2 Å². The maximum atomic E-state index is 12.0. The molecule has 15 heavy (non-hydrogen) atoms. The zero-order chi connectivity index (χ0) is 11.2. The van der Waals surface area contributed by atoms with Gasteiger partial charge in [0.15, 0.2) is 9.84 Å². The highest BCUT2D eigenvalue weighted by molar-refractivity contribution is 7.91. The summed E-state index contributed by atoms with van der Waals surface area (Å²) >= 11 is 0. The predicted octanol–water partition coefficient (Wildman–Crippen LogP) is 1.53. The molecule has 1 aliphatic rings. The molecule has 0 saturated carbocycles. The van der Waals surface area contributed by atoms with Gasteiger partial charge in [-0.25, -0.2) is 8.42 Å². The van der Waals surface area contributed by atoms with Crippen molar-refractivity contribution in [2.45, 2.75) is 18.7 Å². The lowest BCUT2D eigenvalue weighted by atomic mass is 10.1. The highest BCUT2D eigenvalue weighted by atomic mass is 32.2. The zero-order valence-corrected chi connectivity index (χ0v) is 10.1. The highest BCUT2D eigenvalue weighted by Crippen LogP contribution is 2.34. The first kappa shape index (κ1) is 10.5. The number of aryl methyl sites for hydroxylation is 2. The second-order valence-corrected chi connectivity index (χ2v) is 6.16. The Bertz CT molecular complexity index is 506. The third-order valence-corrected chi connectivity index (χ3v) is 4.78. The first-order valence-corrected chi connectivity index (χ1v) is 6.63. The van der Waals surface area contributed by atoms with Crippen LogP contribution >= 0.6 is 0 Å². The number of fused-ring (bicyclic) bond motifs is 1. The fourth-order valence-corrected chi connectivity index (χ4v) is 4.00. The van der Waals surface area contributed by atoms with E-state index < -0.39 is 9.84 Å². The van der Waals surface area contributed by atoms with Crippen molar-refractivity contribution in [3.63, 3.8) is 0 Å². The van der Waals surface area contributed by atoms with Gasteiger partial charge in [0, 0.05) is 13.6 Å². The monoisotopic (exact) mass is 225 g/mol. The molecule has 0 spiro atoms. The van der Waals surface area contributed by atoms with Crippen LogP contribution in [-0.2, 0) is 9.84 Å². The van der Waals surface area contributed by atoms with Gasteiger partial charge in [0.25, 0.3) is 0 Å². The van der Waals surface area contributed by atoms with Gasteiger partial charge >= 0.3 is 0 Å². The Balaban J connectivity index is 2.84. The summed E-state index contributed by atoms with van der Waals surface area (Å²) in [5, 5.41) is 0. The summed E-state index contributed by atoms with van der Waals surface area (Å²) < 4.78 is 23.9. The fraction of sp³-hybridized carbons (Fsp3) is 0.455. The number of sulfone groups is 1. The first-order valence-electron chi connectivity index (χ1n) is 4.97. The number of nitrogens with zero attached hydrogens (tertiary/aromatic N) is 1. The molecule has 0 saturated heterocycles. The van der Waals surface area contributed by atoms with Crippen LogP contribution in [0, 0.1) is 13.8 Å². The summed E-state index contributed by atoms with van der Waals surface area (Å²) in [4.78, 5) is 2.55. The van der Waals surface area contributed by atoms with Crippen molar-refractivity contribution in [1.82, 2.24) is 0 Å². The van der Waals surface area contributed by atoms with Gasteiger partial charge < -0.3 is 4.90 Å². The summed E-state index contributed by atoms with van der Waals surface area (Å²) in [6.45, 7) is 4.39. The van der Waals surface area contributed by atoms with E-state index in [2.05, 4.69) is 0 Å². The van der Waals surface area contributed by atoms with Crippen molar-refractivity contribution < 1.29 is 8.42 Å². The van der Waals surface area contributed by atoms with Crippen LogP contribution in [0.1, 0.15) is 11.1 Å². The molecule has 0 bridgehead atoms. The van der Waals surface area contributed by atoms with E-state index in [1.54, 1.807) is 0 Å². The fourth-order valence-electron chi connectivity index (χ4n) is 2.11. The lowest BCUT2D eigenvalue weighted by molar-refractivity contribution is 0.590. The highest BCUT2D eigenvalue weighted by Gasteiger charge is 2.29. The van der Waals surface area contributed by atoms with Crippen LogP contribution in [0.15, 0.2) is 17.0 Å². The van der Waals surface area contributed by atoms with E-state index in [-0.39, 0.29) is 5.75 Å². The van der Waals surface area contributed by atoms with Crippen LogP contribution in [0.25, 0.3) is 0 Å². The molecule has 0 fully saturated rings. The van der Waals surface area contributed by atoms with Gasteiger partial charge in [-0.3, -0.25) is 0 Å². The Morgan fingerprint density at radius 2 is 1.80 bits per heavy atom. The summed E-state index contributed by atoms with van der Waals surface area (Å²) in [5.41, 5.74) is 2.75. The minimum absolute atomic E-state index is 0.223. The maximum Gasteiger partial charge on any atom is 0.182 e. The molecule has 0 N–H and O–H groups in total. The van der Waals surface area contributed by atoms with Gasteiger partial charge in [-0.15, -0.1) is 0 Å². The van der Waals surface area contributed by atoms with Crippen LogP contribution in [0.3, 0.4) is 0 Å². The molecule has 1 heterocycles. The molecule has 0 amide bonds. The SMILES string of the molecule is Cc1ccc(C)c2c1N(C)CCS2(=O)=O. The van der Waals surface area contributed by atoms with Crippen LogP contribution in [0.4, 0.5) is 5.69 Å². The number of hydrogen-bond acceptors (Lipinski definition) is 3. The molecule has 1 aliphatic heterocycles. The minimum Gasteiger partial charge on any atom is -0.372 e. The number of anilines is 1. The molecular weight excluding hydrogens is 210 g/mol. The summed E-state index contributed by atoms with van der Waals surface area (Å²) in [5.74, 6) is 0.223. The van der Waals surface area contributed by atoms with E-state index in [4.69, 9.17) is 0 Å². The van der Waals surface area contributed by atoms with Crippen molar-refractivity contribution in [2.24, 2.45) is 0 Å². The van der Waals surface area contributed by atoms with E-state index in [0.29, 0.717) is 11.4 Å². The molecule has 0 aliphatic carbocycles. The molecule has 1 aromatic rings. The molecule has 0 atom stereocenters. The lowest BCUT2D eigenvalue weighted by Gasteiger charge is -2.30. The van der Waals surface area contributed by atoms with Crippen LogP contribution in [-0.4, -0.2) is 27.8 Å². The topological polar surface area (TPSA) is 37.4 Å². The van der Waals surface area contributed by atoms with E-state index in [1.807, 2.05) is 37.9 Å². The van der Waals surface area contributed by atoms with Crippen LogP contribution < -0.4 is 4.90 Å². The molecule has 0 radical (unpaired) electrons. The van der Waals surface area contributed by atoms with Crippen molar-refractivity contribution in [3.05, 3.63) is 23.3 Å². The number of benzene rings is 1. The summed E-state index contributed by atoms with van der Waals surface area (Å²) in [6.07, 6.45) is 0. The quantitative estimate of drug-likeness (QED) is 0.672. The Hall–Kier alpha value is -1.03. The van der Waals surface area contributed by atoms with Gasteiger partial charge in [-0.1, -0.05) is 12.1 Å². The smallest absolute Gasteiger partial charge is 0.182 e. The van der Waals surface area contributed by atoms with Crippen LogP contribution in [0.2, 0.25) is 0 Å². The van der Waals surface area contributed by atoms with Crippen molar-refractivity contribution in [3.8, 4) is 0 Å². The molecule has 0 unspecified atom stereocenters. The Morgan fingerprint density at radius 1 is 1.20 bits per heavy atom. The Morgan fingerprint density at radius 3 is 2.40 bits per heavy atom. The van der Waals surface area contributed by atoms with Gasteiger partial charge in [0.2, 0.25) is 0 Å². The summed E-state index contributed by atoms with van der Waals surface area (Å²) in [7, 11) is -1.13. The van der Waals surface area contributed by atoms with Crippen LogP contribution in [0.5, 0.6) is 0 Å². The molecule has 2 rings (SSSR count). The second kappa shape index (κ2) is 3.23. The van der Waals surface area contributed by atoms with Gasteiger partial charge in [0.05, 0.1) is 16.3 Å². The number of rotatable bonds is 0. The van der Waals surface area contributed by atoms with Crippen molar-refractivity contribution >= 4 is 15.5 Å². The Labute approximate surface area is 90.6 Å². The van der Waals surface area contributed by atoms with E-state index in [0.717, 1.165) is 16.8 Å². The largest absolute Gasteiger partial charge is 0.372 e. The molecule has 0 aromatic heterocycles. The third-order valence-electron chi connectivity index (χ3n) is 2.92. The summed E-state index contributed by atoms with van der Waals surface area (Å²) in [6, 6.07) is 3.86. The number of hydrogen-bond donors (Lipinski definition) is 0. The zero-order valence-electron chi connectivity index (χ0n) is 9.24. The first-order chi connectivity index (χ1) is 6.93. The molecular formula is C11H15NO2S.